The van der Waals surface area contributed by atoms with E-state index in [0.717, 1.165) is 0 Å². The molecule has 2 aliphatic rings. The van der Waals surface area contributed by atoms with Gasteiger partial charge in [-0.1, -0.05) is 12.2 Å². The van der Waals surface area contributed by atoms with E-state index in [1.807, 2.05) is 19.1 Å². The molecule has 2 rings (SSSR count). The van der Waals surface area contributed by atoms with Gasteiger partial charge in [0.15, 0.2) is 5.41 Å². The van der Waals surface area contributed by atoms with E-state index in [2.05, 4.69) is 0 Å². The van der Waals surface area contributed by atoms with E-state index in [1.165, 1.54) is 0 Å². The quantitative estimate of drug-likeness (QED) is 0.417. The molecule has 0 bridgehead atoms. The van der Waals surface area contributed by atoms with Crippen molar-refractivity contribution in [3.05, 3.63) is 12.2 Å². The maximum absolute atomic E-state index is 12.2. The first kappa shape index (κ1) is 12.1. The SMILES string of the molecule is C/C=C/[C@@H]1[C@H]2COC(=O)[C@@]12C(=O)OC(C)(C)C. The fourth-order valence-corrected chi connectivity index (χ4v) is 2.52. The van der Waals surface area contributed by atoms with Gasteiger partial charge in [0, 0.05) is 11.8 Å². The largest absolute Gasteiger partial charge is 0.464 e. The average molecular weight is 238 g/mol. The highest BCUT2D eigenvalue weighted by molar-refractivity contribution is 6.06. The molecule has 0 aromatic heterocycles. The number of carbonyl (C=O) groups is 2. The van der Waals surface area contributed by atoms with Crippen LogP contribution in [0.4, 0.5) is 0 Å². The number of esters is 2. The van der Waals surface area contributed by atoms with Crippen molar-refractivity contribution in [1.29, 1.82) is 0 Å². The van der Waals surface area contributed by atoms with Crippen LogP contribution in [0.5, 0.6) is 0 Å². The molecule has 94 valence electrons. The first-order valence-corrected chi connectivity index (χ1v) is 5.87. The van der Waals surface area contributed by atoms with Crippen molar-refractivity contribution < 1.29 is 19.1 Å². The van der Waals surface area contributed by atoms with Crippen LogP contribution in [0.2, 0.25) is 0 Å². The molecule has 0 aromatic rings. The first-order valence-electron chi connectivity index (χ1n) is 5.87. The maximum atomic E-state index is 12.2. The normalized spacial score (nSPS) is 35.6. The summed E-state index contributed by atoms with van der Waals surface area (Å²) in [5, 5.41) is 0. The third kappa shape index (κ3) is 1.66. The number of ether oxygens (including phenoxy) is 2. The van der Waals surface area contributed by atoms with Crippen LogP contribution in [0.25, 0.3) is 0 Å². The molecule has 2 fully saturated rings. The number of fused-ring (bicyclic) bond motifs is 1. The molecule has 0 N–H and O–H groups in total. The lowest BCUT2D eigenvalue weighted by Crippen LogP contribution is -2.35. The molecule has 0 spiro atoms. The zero-order valence-electron chi connectivity index (χ0n) is 10.6. The van der Waals surface area contributed by atoms with Crippen molar-refractivity contribution >= 4 is 11.9 Å². The second-order valence-electron chi connectivity index (χ2n) is 5.63. The molecule has 0 radical (unpaired) electrons. The van der Waals surface area contributed by atoms with Crippen LogP contribution in [0, 0.1) is 17.3 Å². The Morgan fingerprint density at radius 1 is 1.53 bits per heavy atom. The third-order valence-corrected chi connectivity index (χ3v) is 3.30. The van der Waals surface area contributed by atoms with Crippen LogP contribution in [0.1, 0.15) is 27.7 Å². The van der Waals surface area contributed by atoms with Crippen molar-refractivity contribution in [2.45, 2.75) is 33.3 Å². The highest BCUT2D eigenvalue weighted by Gasteiger charge is 2.79. The fourth-order valence-electron chi connectivity index (χ4n) is 2.52. The molecule has 4 heteroatoms. The van der Waals surface area contributed by atoms with Gasteiger partial charge >= 0.3 is 11.9 Å². The van der Waals surface area contributed by atoms with Gasteiger partial charge in [-0.15, -0.1) is 0 Å². The van der Waals surface area contributed by atoms with E-state index in [1.54, 1.807) is 20.8 Å². The standard InChI is InChI=1S/C13H18O4/c1-5-6-8-9-7-16-10(14)13(8,9)11(15)17-12(2,3)4/h5-6,8-9H,7H2,1-4H3/b6-5+/t8-,9-,13-/m1/s1. The predicted octanol–water partition coefficient (Wildman–Crippen LogP) is 1.69. The minimum absolute atomic E-state index is 0.0407. The second kappa shape index (κ2) is 3.59. The van der Waals surface area contributed by atoms with Gasteiger partial charge in [-0.05, 0) is 27.7 Å². The number of allylic oxidation sites excluding steroid dienone is 2. The van der Waals surface area contributed by atoms with E-state index < -0.39 is 23.0 Å². The summed E-state index contributed by atoms with van der Waals surface area (Å²) in [6.07, 6.45) is 3.76. The van der Waals surface area contributed by atoms with Gasteiger partial charge in [0.1, 0.15) is 5.60 Å². The van der Waals surface area contributed by atoms with Gasteiger partial charge in [0.2, 0.25) is 0 Å². The number of cyclic esters (lactones) is 1. The molecule has 3 atom stereocenters. The van der Waals surface area contributed by atoms with Crippen molar-refractivity contribution in [3.63, 3.8) is 0 Å². The van der Waals surface area contributed by atoms with Crippen molar-refractivity contribution in [2.75, 3.05) is 6.61 Å². The zero-order chi connectivity index (χ0) is 12.8. The van der Waals surface area contributed by atoms with E-state index >= 15 is 0 Å². The van der Waals surface area contributed by atoms with E-state index in [-0.39, 0.29) is 11.8 Å². The molecule has 1 aliphatic carbocycles. The van der Waals surface area contributed by atoms with Crippen LogP contribution in [0.15, 0.2) is 12.2 Å². The van der Waals surface area contributed by atoms with Gasteiger partial charge < -0.3 is 9.47 Å². The highest BCUT2D eigenvalue weighted by Crippen LogP contribution is 2.64. The molecule has 1 heterocycles. The molecule has 4 nitrogen and oxygen atoms in total. The molecule has 0 unspecified atom stereocenters. The van der Waals surface area contributed by atoms with Gasteiger partial charge in [-0.25, -0.2) is 0 Å². The molecule has 1 saturated heterocycles. The van der Waals surface area contributed by atoms with Crippen LogP contribution in [-0.4, -0.2) is 24.1 Å². The van der Waals surface area contributed by atoms with E-state index in [4.69, 9.17) is 9.47 Å². The Hall–Kier alpha value is -1.32. The number of hydrogen-bond acceptors (Lipinski definition) is 4. The lowest BCUT2D eigenvalue weighted by molar-refractivity contribution is -0.168. The number of carbonyl (C=O) groups excluding carboxylic acids is 2. The second-order valence-corrected chi connectivity index (χ2v) is 5.63. The Kier molecular flexibility index (Phi) is 2.56. The van der Waals surface area contributed by atoms with Gasteiger partial charge in [0.25, 0.3) is 0 Å². The average Bonchev–Trinajstić information content (AvgIpc) is 2.68. The van der Waals surface area contributed by atoms with Crippen molar-refractivity contribution in [3.8, 4) is 0 Å². The molecule has 1 saturated carbocycles. The summed E-state index contributed by atoms with van der Waals surface area (Å²) >= 11 is 0. The van der Waals surface area contributed by atoms with Gasteiger partial charge in [0.05, 0.1) is 6.61 Å². The predicted molar refractivity (Wildman–Crippen MR) is 61.0 cm³/mol. The summed E-state index contributed by atoms with van der Waals surface area (Å²) in [7, 11) is 0. The Labute approximate surface area is 101 Å². The van der Waals surface area contributed by atoms with Crippen LogP contribution < -0.4 is 0 Å². The molecule has 0 amide bonds. The van der Waals surface area contributed by atoms with E-state index in [0.29, 0.717) is 6.61 Å². The fraction of sp³-hybridized carbons (Fsp3) is 0.692. The van der Waals surface area contributed by atoms with Crippen molar-refractivity contribution in [1.82, 2.24) is 0 Å². The van der Waals surface area contributed by atoms with E-state index in [9.17, 15) is 9.59 Å². The lowest BCUT2D eigenvalue weighted by Gasteiger charge is -2.22. The van der Waals surface area contributed by atoms with Gasteiger partial charge in [-0.3, -0.25) is 9.59 Å². The monoisotopic (exact) mass is 238 g/mol. The molecule has 17 heavy (non-hydrogen) atoms. The molecular formula is C13H18O4. The van der Waals surface area contributed by atoms with Gasteiger partial charge in [-0.2, -0.15) is 0 Å². The smallest absolute Gasteiger partial charge is 0.325 e. The molecule has 1 aliphatic heterocycles. The summed E-state index contributed by atoms with van der Waals surface area (Å²) in [5.41, 5.74) is -1.64. The Morgan fingerprint density at radius 3 is 2.71 bits per heavy atom. The maximum Gasteiger partial charge on any atom is 0.325 e. The molecular weight excluding hydrogens is 220 g/mol. The summed E-state index contributed by atoms with van der Waals surface area (Å²) in [6.45, 7) is 7.59. The van der Waals surface area contributed by atoms with Crippen molar-refractivity contribution in [2.24, 2.45) is 17.3 Å². The van der Waals surface area contributed by atoms with Crippen LogP contribution in [0.3, 0.4) is 0 Å². The Balaban J connectivity index is 2.22. The van der Waals surface area contributed by atoms with Crippen LogP contribution in [-0.2, 0) is 19.1 Å². The van der Waals surface area contributed by atoms with Crippen LogP contribution >= 0.6 is 0 Å². The third-order valence-electron chi connectivity index (χ3n) is 3.30. The summed E-state index contributed by atoms with van der Waals surface area (Å²) in [6, 6.07) is 0. The first-order chi connectivity index (χ1) is 7.84. The zero-order valence-corrected chi connectivity index (χ0v) is 10.6. The Morgan fingerprint density at radius 2 is 2.18 bits per heavy atom. The summed E-state index contributed by atoms with van der Waals surface area (Å²) in [4.78, 5) is 24.0. The highest BCUT2D eigenvalue weighted by atomic mass is 16.6. The summed E-state index contributed by atoms with van der Waals surface area (Å²) in [5.74, 6) is -0.968. The summed E-state index contributed by atoms with van der Waals surface area (Å²) < 4.78 is 10.3. The lowest BCUT2D eigenvalue weighted by atomic mass is 10.0. The Bertz CT molecular complexity index is 391. The number of rotatable bonds is 2. The minimum atomic E-state index is -1.06. The minimum Gasteiger partial charge on any atom is -0.464 e. The molecule has 0 aromatic carbocycles. The number of hydrogen-bond donors (Lipinski definition) is 0. The topological polar surface area (TPSA) is 52.6 Å².